The quantitative estimate of drug-likeness (QED) is 0.705. The normalized spacial score (nSPS) is 38.4. The van der Waals surface area contributed by atoms with E-state index in [0.717, 1.165) is 37.7 Å². The summed E-state index contributed by atoms with van der Waals surface area (Å²) in [5, 5.41) is 0. The third-order valence-electron chi connectivity index (χ3n) is 5.70. The minimum Gasteiger partial charge on any atom is -0.408 e. The van der Waals surface area contributed by atoms with Gasteiger partial charge in [0.2, 0.25) is 0 Å². The van der Waals surface area contributed by atoms with Crippen LogP contribution in [0, 0.1) is 5.41 Å². The summed E-state index contributed by atoms with van der Waals surface area (Å²) in [6, 6.07) is 0. The lowest BCUT2D eigenvalue weighted by Gasteiger charge is -2.46. The van der Waals surface area contributed by atoms with Gasteiger partial charge in [-0.3, -0.25) is 0 Å². The van der Waals surface area contributed by atoms with E-state index < -0.39 is 8.32 Å². The Morgan fingerprint density at radius 2 is 1.59 bits per heavy atom. The number of hydrogen-bond acceptors (Lipinski definition) is 3. The molecule has 0 aromatic heterocycles. The topological polar surface area (TPSA) is 27.7 Å². The van der Waals surface area contributed by atoms with Crippen molar-refractivity contribution in [2.75, 3.05) is 13.2 Å². The summed E-state index contributed by atoms with van der Waals surface area (Å²) in [6.45, 7) is 19.2. The maximum atomic E-state index is 6.83. The maximum absolute atomic E-state index is 6.83. The van der Waals surface area contributed by atoms with E-state index in [1.807, 2.05) is 0 Å². The van der Waals surface area contributed by atoms with Crippen LogP contribution in [0.15, 0.2) is 24.3 Å². The van der Waals surface area contributed by atoms with E-state index in [9.17, 15) is 0 Å². The lowest BCUT2D eigenvalue weighted by atomic mass is 9.71. The second kappa shape index (κ2) is 5.03. The van der Waals surface area contributed by atoms with E-state index in [0.29, 0.717) is 13.2 Å². The fourth-order valence-corrected chi connectivity index (χ4v) is 6.13. The van der Waals surface area contributed by atoms with Gasteiger partial charge in [-0.2, -0.15) is 0 Å². The van der Waals surface area contributed by atoms with Crippen LogP contribution in [0.1, 0.15) is 39.0 Å². The molecule has 0 N–H and O–H groups in total. The molecular formula is C18H30O3Si. The van der Waals surface area contributed by atoms with E-state index in [1.165, 1.54) is 5.57 Å². The Morgan fingerprint density at radius 1 is 1.00 bits per heavy atom. The van der Waals surface area contributed by atoms with Crippen molar-refractivity contribution in [2.24, 2.45) is 5.41 Å². The molecule has 2 saturated carbocycles. The highest BCUT2D eigenvalue weighted by Gasteiger charge is 2.61. The first kappa shape index (κ1) is 16.4. The summed E-state index contributed by atoms with van der Waals surface area (Å²) >= 11 is 0. The zero-order valence-corrected chi connectivity index (χ0v) is 15.6. The highest BCUT2D eigenvalue weighted by Crippen LogP contribution is 2.61. The second-order valence-corrected chi connectivity index (χ2v) is 12.9. The molecule has 2 atom stereocenters. The molecule has 0 amide bonds. The molecule has 1 saturated heterocycles. The van der Waals surface area contributed by atoms with Gasteiger partial charge in [0.25, 0.3) is 0 Å². The second-order valence-electron chi connectivity index (χ2n) is 8.47. The van der Waals surface area contributed by atoms with Gasteiger partial charge in [-0.25, -0.2) is 0 Å². The monoisotopic (exact) mass is 322 g/mol. The highest BCUT2D eigenvalue weighted by molar-refractivity contribution is 6.69. The van der Waals surface area contributed by atoms with E-state index in [2.05, 4.69) is 39.7 Å². The van der Waals surface area contributed by atoms with Crippen LogP contribution in [0.3, 0.4) is 0 Å². The third-order valence-corrected chi connectivity index (χ3v) is 6.66. The van der Waals surface area contributed by atoms with Gasteiger partial charge in [-0.05, 0) is 50.0 Å². The summed E-state index contributed by atoms with van der Waals surface area (Å²) in [6.07, 6.45) is 4.77. The Morgan fingerprint density at radius 3 is 2.18 bits per heavy atom. The maximum Gasteiger partial charge on any atom is 0.185 e. The van der Waals surface area contributed by atoms with Gasteiger partial charge in [0, 0.05) is 18.3 Å². The molecule has 0 aromatic rings. The molecule has 3 aliphatic rings. The number of hydrogen-bond donors (Lipinski definition) is 0. The Balaban J connectivity index is 1.99. The molecule has 1 aliphatic heterocycles. The SMILES string of the molecule is C=C1C[C@]2(C)CCC3(CC[C@@]2(O[Si](C)(C)C)C1=C)OCCO3. The summed E-state index contributed by atoms with van der Waals surface area (Å²) < 4.78 is 18.8. The van der Waals surface area contributed by atoms with Crippen molar-refractivity contribution < 1.29 is 13.9 Å². The Bertz CT molecular complexity index is 501. The third kappa shape index (κ3) is 2.44. The van der Waals surface area contributed by atoms with Gasteiger partial charge in [-0.1, -0.05) is 20.1 Å². The highest BCUT2D eigenvalue weighted by atomic mass is 28.4. The van der Waals surface area contributed by atoms with Crippen molar-refractivity contribution in [2.45, 2.75) is 70.1 Å². The molecule has 1 spiro atoms. The summed E-state index contributed by atoms with van der Waals surface area (Å²) in [5.41, 5.74) is 2.06. The molecule has 4 heteroatoms. The molecule has 3 nitrogen and oxygen atoms in total. The van der Waals surface area contributed by atoms with Gasteiger partial charge in [0.15, 0.2) is 14.1 Å². The van der Waals surface area contributed by atoms with Crippen molar-refractivity contribution in [1.82, 2.24) is 0 Å². The molecule has 0 bridgehead atoms. The first-order chi connectivity index (χ1) is 10.1. The van der Waals surface area contributed by atoms with Crippen molar-refractivity contribution in [1.29, 1.82) is 0 Å². The van der Waals surface area contributed by atoms with Gasteiger partial charge >= 0.3 is 0 Å². The van der Waals surface area contributed by atoms with Crippen LogP contribution in [0.25, 0.3) is 0 Å². The van der Waals surface area contributed by atoms with Crippen LogP contribution in [0.2, 0.25) is 19.6 Å². The van der Waals surface area contributed by atoms with Crippen LogP contribution < -0.4 is 0 Å². The minimum absolute atomic E-state index is 0.0558. The molecule has 0 radical (unpaired) electrons. The van der Waals surface area contributed by atoms with Crippen molar-refractivity contribution >= 4 is 8.32 Å². The molecule has 2 aliphatic carbocycles. The standard InChI is InChI=1S/C18H30O3Si/c1-14-13-16(3)7-8-17(19-11-12-20-17)9-10-18(16,15(14)2)21-22(4,5)6/h1-2,7-13H2,3-6H3/t16-,18+/m0/s1. The van der Waals surface area contributed by atoms with E-state index in [4.69, 9.17) is 13.9 Å². The average molecular weight is 323 g/mol. The molecule has 3 fully saturated rings. The van der Waals surface area contributed by atoms with Gasteiger partial charge in [0.05, 0.1) is 18.8 Å². The van der Waals surface area contributed by atoms with Gasteiger partial charge in [-0.15, -0.1) is 0 Å². The van der Waals surface area contributed by atoms with Gasteiger partial charge < -0.3 is 13.9 Å². The smallest absolute Gasteiger partial charge is 0.185 e. The predicted molar refractivity (Wildman–Crippen MR) is 91.3 cm³/mol. The first-order valence-corrected chi connectivity index (χ1v) is 11.9. The lowest BCUT2D eigenvalue weighted by molar-refractivity contribution is -0.167. The van der Waals surface area contributed by atoms with Crippen LogP contribution in [-0.4, -0.2) is 32.9 Å². The zero-order chi connectivity index (χ0) is 16.2. The first-order valence-electron chi connectivity index (χ1n) is 8.47. The number of rotatable bonds is 2. The van der Waals surface area contributed by atoms with Crippen LogP contribution in [0.4, 0.5) is 0 Å². The van der Waals surface area contributed by atoms with E-state index in [-0.39, 0.29) is 16.8 Å². The Kier molecular flexibility index (Phi) is 3.76. The van der Waals surface area contributed by atoms with Crippen molar-refractivity contribution in [3.8, 4) is 0 Å². The molecule has 124 valence electrons. The summed E-state index contributed by atoms with van der Waals surface area (Å²) in [7, 11) is -1.72. The van der Waals surface area contributed by atoms with E-state index in [1.54, 1.807) is 0 Å². The number of ether oxygens (including phenoxy) is 2. The fraction of sp³-hybridized carbons (Fsp3) is 0.778. The zero-order valence-electron chi connectivity index (χ0n) is 14.6. The molecule has 1 heterocycles. The van der Waals surface area contributed by atoms with E-state index >= 15 is 0 Å². The largest absolute Gasteiger partial charge is 0.408 e. The Hall–Kier alpha value is -0.423. The summed E-state index contributed by atoms with van der Waals surface area (Å²) in [4.78, 5) is 0. The predicted octanol–water partition coefficient (Wildman–Crippen LogP) is 4.42. The van der Waals surface area contributed by atoms with Crippen LogP contribution >= 0.6 is 0 Å². The van der Waals surface area contributed by atoms with Crippen LogP contribution in [0.5, 0.6) is 0 Å². The average Bonchev–Trinajstić information content (AvgIpc) is 2.90. The molecule has 3 rings (SSSR count). The molecular weight excluding hydrogens is 292 g/mol. The number of fused-ring (bicyclic) bond motifs is 1. The van der Waals surface area contributed by atoms with Gasteiger partial charge in [0.1, 0.15) is 0 Å². The van der Waals surface area contributed by atoms with Crippen molar-refractivity contribution in [3.63, 3.8) is 0 Å². The molecule has 0 unspecified atom stereocenters. The fourth-order valence-electron chi connectivity index (χ4n) is 4.62. The summed E-state index contributed by atoms with van der Waals surface area (Å²) in [5.74, 6) is -0.384. The minimum atomic E-state index is -1.72. The van der Waals surface area contributed by atoms with Crippen molar-refractivity contribution in [3.05, 3.63) is 24.3 Å². The van der Waals surface area contributed by atoms with Crippen LogP contribution in [-0.2, 0) is 13.9 Å². The lowest BCUT2D eigenvalue weighted by Crippen LogP contribution is -2.51. The molecule has 22 heavy (non-hydrogen) atoms. The molecule has 0 aromatic carbocycles. The Labute approximate surface area is 135 Å².